The third-order valence-corrected chi connectivity index (χ3v) is 3.66. The second-order valence-electron chi connectivity index (χ2n) is 5.08. The molecule has 0 amide bonds. The number of ketones is 1. The van der Waals surface area contributed by atoms with Gasteiger partial charge in [-0.3, -0.25) is 14.8 Å². The molecule has 1 aliphatic carbocycles. The first-order valence-electron chi connectivity index (χ1n) is 7.05. The van der Waals surface area contributed by atoms with Crippen molar-refractivity contribution in [3.8, 4) is 5.75 Å². The van der Waals surface area contributed by atoms with Gasteiger partial charge >= 0.3 is 29.6 Å². The van der Waals surface area contributed by atoms with Gasteiger partial charge in [-0.05, 0) is 42.5 Å². The van der Waals surface area contributed by atoms with Crippen LogP contribution in [0.2, 0.25) is 0 Å². The smallest absolute Gasteiger partial charge is 0.871 e. The summed E-state index contributed by atoms with van der Waals surface area (Å²) in [5.74, 6) is -0.276. The minimum Gasteiger partial charge on any atom is -0.871 e. The number of carbonyl (C=O) groups excluding carboxylic acids is 1. The van der Waals surface area contributed by atoms with E-state index in [4.69, 9.17) is 0 Å². The van der Waals surface area contributed by atoms with Gasteiger partial charge in [0.2, 0.25) is 5.78 Å². The number of aromatic nitrogens is 2. The van der Waals surface area contributed by atoms with Gasteiger partial charge < -0.3 is 5.11 Å². The first-order chi connectivity index (χ1) is 11.2. The summed E-state index contributed by atoms with van der Waals surface area (Å²) >= 11 is 0. The van der Waals surface area contributed by atoms with E-state index in [0.29, 0.717) is 33.6 Å². The number of rotatable bonds is 1. The Morgan fingerprint density at radius 1 is 0.958 bits per heavy atom. The van der Waals surface area contributed by atoms with Crippen LogP contribution in [0.1, 0.15) is 16.1 Å². The molecule has 2 aromatic heterocycles. The van der Waals surface area contributed by atoms with Crippen molar-refractivity contribution in [2.24, 2.45) is 4.99 Å². The topological polar surface area (TPSA) is 78.3 Å². The van der Waals surface area contributed by atoms with Crippen LogP contribution in [0.25, 0.3) is 10.9 Å². The van der Waals surface area contributed by atoms with E-state index in [1.165, 1.54) is 12.1 Å². The van der Waals surface area contributed by atoms with Crippen molar-refractivity contribution in [3.05, 3.63) is 72.2 Å². The largest absolute Gasteiger partial charge is 1.00 e. The van der Waals surface area contributed by atoms with E-state index in [1.807, 2.05) is 12.1 Å². The van der Waals surface area contributed by atoms with Gasteiger partial charge in [-0.2, -0.15) is 0 Å². The van der Waals surface area contributed by atoms with E-state index in [1.54, 1.807) is 36.7 Å². The number of hydrogen-bond acceptors (Lipinski definition) is 5. The first-order valence-corrected chi connectivity index (χ1v) is 7.05. The third kappa shape index (κ3) is 2.78. The van der Waals surface area contributed by atoms with E-state index in [0.717, 1.165) is 0 Å². The third-order valence-electron chi connectivity index (χ3n) is 3.66. The van der Waals surface area contributed by atoms with Gasteiger partial charge in [0.05, 0.1) is 16.9 Å². The first kappa shape index (κ1) is 16.5. The van der Waals surface area contributed by atoms with Crippen LogP contribution in [0.3, 0.4) is 0 Å². The summed E-state index contributed by atoms with van der Waals surface area (Å²) in [5.41, 5.74) is 2.73. The summed E-state index contributed by atoms with van der Waals surface area (Å²) in [6.45, 7) is 0. The molecule has 0 atom stereocenters. The second-order valence-corrected chi connectivity index (χ2v) is 5.08. The number of hydrogen-bond donors (Lipinski definition) is 0. The van der Waals surface area contributed by atoms with Crippen molar-refractivity contribution in [1.29, 1.82) is 0 Å². The van der Waals surface area contributed by atoms with Crippen molar-refractivity contribution in [1.82, 2.24) is 9.97 Å². The fourth-order valence-corrected chi connectivity index (χ4v) is 2.59. The molecular formula is C18H10N3NaO2. The van der Waals surface area contributed by atoms with Gasteiger partial charge in [0.1, 0.15) is 5.69 Å². The Hall–Kier alpha value is -2.34. The van der Waals surface area contributed by atoms with Gasteiger partial charge in [0.25, 0.3) is 0 Å². The van der Waals surface area contributed by atoms with E-state index in [-0.39, 0.29) is 41.1 Å². The van der Waals surface area contributed by atoms with Crippen molar-refractivity contribution in [3.63, 3.8) is 0 Å². The van der Waals surface area contributed by atoms with Crippen LogP contribution in [-0.2, 0) is 0 Å². The number of benzene rings is 1. The Kier molecular flexibility index (Phi) is 4.57. The average Bonchev–Trinajstić information content (AvgIpc) is 2.60. The van der Waals surface area contributed by atoms with Gasteiger partial charge in [0.15, 0.2) is 0 Å². The monoisotopic (exact) mass is 323 g/mol. The van der Waals surface area contributed by atoms with Crippen molar-refractivity contribution in [2.45, 2.75) is 0 Å². The van der Waals surface area contributed by atoms with Crippen molar-refractivity contribution >= 4 is 28.1 Å². The summed E-state index contributed by atoms with van der Waals surface area (Å²) in [5, 5.41) is 12.6. The Morgan fingerprint density at radius 2 is 1.75 bits per heavy atom. The number of aliphatic imine (C=N–C) groups is 1. The molecule has 5 nitrogen and oxygen atoms in total. The summed E-state index contributed by atoms with van der Waals surface area (Å²) < 4.78 is 0. The normalized spacial score (nSPS) is 14.5. The minimum atomic E-state index is -0.138. The Morgan fingerprint density at radius 3 is 2.62 bits per heavy atom. The summed E-state index contributed by atoms with van der Waals surface area (Å²) in [7, 11) is 0. The van der Waals surface area contributed by atoms with Crippen LogP contribution in [0.15, 0.2) is 65.9 Å². The van der Waals surface area contributed by atoms with Crippen LogP contribution in [0.4, 0.5) is 5.69 Å². The molecule has 0 saturated carbocycles. The fourth-order valence-electron chi connectivity index (χ4n) is 2.59. The SMILES string of the molecule is O=C1C=CC(=Nc2ccc([O-])c3ncccc23)c2cccnc21.[Na+]. The molecule has 0 radical (unpaired) electrons. The number of pyridine rings is 2. The predicted octanol–water partition coefficient (Wildman–Crippen LogP) is -0.419. The van der Waals surface area contributed by atoms with Gasteiger partial charge in [0, 0.05) is 23.3 Å². The molecule has 0 unspecified atom stereocenters. The zero-order valence-corrected chi connectivity index (χ0v) is 14.9. The van der Waals surface area contributed by atoms with Crippen LogP contribution >= 0.6 is 0 Å². The number of nitrogens with zero attached hydrogens (tertiary/aromatic N) is 3. The molecule has 0 N–H and O–H groups in total. The van der Waals surface area contributed by atoms with E-state index < -0.39 is 0 Å². The predicted molar refractivity (Wildman–Crippen MR) is 85.1 cm³/mol. The Labute approximate surface area is 160 Å². The summed E-state index contributed by atoms with van der Waals surface area (Å²) in [6, 6.07) is 10.3. The molecule has 0 fully saturated rings. The zero-order valence-electron chi connectivity index (χ0n) is 12.9. The molecule has 0 aliphatic heterocycles. The quantitative estimate of drug-likeness (QED) is 0.570. The van der Waals surface area contributed by atoms with E-state index in [9.17, 15) is 9.90 Å². The van der Waals surface area contributed by atoms with Crippen LogP contribution < -0.4 is 34.7 Å². The molecule has 2 heterocycles. The maximum Gasteiger partial charge on any atom is 1.00 e. The minimum absolute atomic E-state index is 0. The molecule has 110 valence electrons. The molecule has 24 heavy (non-hydrogen) atoms. The Balaban J connectivity index is 0.00000169. The standard InChI is InChI=1S/C18H11N3O2.Na/c22-15-7-5-13(11-3-1-9-19-17(11)15)21-14-6-8-16(23)18-12(14)4-2-10-20-18;/h1-10,22H;/q;+1/p-1. The average molecular weight is 323 g/mol. The molecular weight excluding hydrogens is 313 g/mol. The van der Waals surface area contributed by atoms with Crippen LogP contribution in [0, 0.1) is 0 Å². The molecule has 0 bridgehead atoms. The van der Waals surface area contributed by atoms with Crippen molar-refractivity contribution in [2.75, 3.05) is 0 Å². The van der Waals surface area contributed by atoms with Crippen LogP contribution in [0.5, 0.6) is 5.75 Å². The van der Waals surface area contributed by atoms with Crippen LogP contribution in [-0.4, -0.2) is 21.5 Å². The fraction of sp³-hybridized carbons (Fsp3) is 0. The molecule has 1 aliphatic rings. The van der Waals surface area contributed by atoms with E-state index in [2.05, 4.69) is 15.0 Å². The number of carbonyl (C=O) groups is 1. The molecule has 0 spiro atoms. The summed E-state index contributed by atoms with van der Waals surface area (Å²) in [6.07, 6.45) is 6.29. The Bertz CT molecular complexity index is 1010. The molecule has 3 aromatic rings. The molecule has 6 heteroatoms. The van der Waals surface area contributed by atoms with Gasteiger partial charge in [-0.1, -0.05) is 11.8 Å². The van der Waals surface area contributed by atoms with Gasteiger partial charge in [-0.15, -0.1) is 0 Å². The van der Waals surface area contributed by atoms with Crippen molar-refractivity contribution < 1.29 is 39.5 Å². The number of fused-ring (bicyclic) bond motifs is 2. The molecule has 1 aromatic carbocycles. The molecule has 0 saturated heterocycles. The number of allylic oxidation sites excluding steroid dienone is 2. The second kappa shape index (κ2) is 6.65. The maximum atomic E-state index is 11.9. The zero-order chi connectivity index (χ0) is 15.8. The maximum absolute atomic E-state index is 11.9. The van der Waals surface area contributed by atoms with E-state index >= 15 is 0 Å². The molecule has 4 rings (SSSR count). The van der Waals surface area contributed by atoms with Gasteiger partial charge in [-0.25, -0.2) is 4.99 Å². The summed E-state index contributed by atoms with van der Waals surface area (Å²) in [4.78, 5) is 24.8.